The number of hydrogen-bond donors (Lipinski definition) is 3. The molecule has 0 atom stereocenters. The van der Waals surface area contributed by atoms with Gasteiger partial charge in [0.2, 0.25) is 0 Å². The maximum absolute atomic E-state index is 9.65. The van der Waals surface area contributed by atoms with Gasteiger partial charge in [-0.25, -0.2) is 0 Å². The minimum atomic E-state index is -0.311. The van der Waals surface area contributed by atoms with Crippen molar-refractivity contribution in [1.29, 1.82) is 0 Å². The van der Waals surface area contributed by atoms with Crippen molar-refractivity contribution in [2.24, 2.45) is 0 Å². The summed E-state index contributed by atoms with van der Waals surface area (Å²) in [6, 6.07) is 0. The molecule has 4 nitrogen and oxygen atoms in total. The van der Waals surface area contributed by atoms with Crippen molar-refractivity contribution >= 4 is 0 Å². The molecule has 0 amide bonds. The van der Waals surface area contributed by atoms with Gasteiger partial charge in [0.1, 0.15) is 5.75 Å². The standard InChI is InChI=1S/C10H13NO3/c1-2-3-9-10(14)8(6-13)7(5-12)4-11-9/h2,4,12-14H,1,3,5-6H2. The van der Waals surface area contributed by atoms with Crippen LogP contribution in [-0.2, 0) is 19.6 Å². The Kier molecular flexibility index (Phi) is 3.62. The summed E-state index contributed by atoms with van der Waals surface area (Å²) >= 11 is 0. The monoisotopic (exact) mass is 195 g/mol. The van der Waals surface area contributed by atoms with Crippen LogP contribution in [0, 0.1) is 0 Å². The number of aromatic hydroxyl groups is 1. The summed E-state index contributed by atoms with van der Waals surface area (Å²) in [6.07, 6.45) is 3.50. The minimum Gasteiger partial charge on any atom is -0.506 e. The zero-order valence-electron chi connectivity index (χ0n) is 7.77. The van der Waals surface area contributed by atoms with Gasteiger partial charge in [-0.05, 0) is 0 Å². The van der Waals surface area contributed by atoms with Gasteiger partial charge in [-0.3, -0.25) is 4.98 Å². The van der Waals surface area contributed by atoms with Gasteiger partial charge in [0.05, 0.1) is 18.9 Å². The minimum absolute atomic E-state index is 0.0565. The number of hydrogen-bond acceptors (Lipinski definition) is 4. The molecular weight excluding hydrogens is 182 g/mol. The smallest absolute Gasteiger partial charge is 0.143 e. The van der Waals surface area contributed by atoms with Gasteiger partial charge in [0.25, 0.3) is 0 Å². The average Bonchev–Trinajstić information content (AvgIpc) is 2.21. The highest BCUT2D eigenvalue weighted by atomic mass is 16.3. The molecule has 0 spiro atoms. The summed E-state index contributed by atoms with van der Waals surface area (Å²) in [6.45, 7) is 2.98. The van der Waals surface area contributed by atoms with E-state index in [1.165, 1.54) is 6.20 Å². The van der Waals surface area contributed by atoms with E-state index in [0.29, 0.717) is 23.2 Å². The van der Waals surface area contributed by atoms with Crippen molar-refractivity contribution in [3.8, 4) is 5.75 Å². The van der Waals surface area contributed by atoms with Gasteiger partial charge >= 0.3 is 0 Å². The van der Waals surface area contributed by atoms with Crippen molar-refractivity contribution in [1.82, 2.24) is 4.98 Å². The Morgan fingerprint density at radius 1 is 1.36 bits per heavy atom. The molecule has 0 aliphatic carbocycles. The number of rotatable bonds is 4. The van der Waals surface area contributed by atoms with Crippen LogP contribution in [0.25, 0.3) is 0 Å². The van der Waals surface area contributed by atoms with Crippen molar-refractivity contribution < 1.29 is 15.3 Å². The molecule has 0 fully saturated rings. The summed E-state index contributed by atoms with van der Waals surface area (Å²) in [4.78, 5) is 3.96. The lowest BCUT2D eigenvalue weighted by Crippen LogP contribution is -2.00. The summed E-state index contributed by atoms with van der Waals surface area (Å²) in [7, 11) is 0. The van der Waals surface area contributed by atoms with E-state index in [0.717, 1.165) is 0 Å². The molecule has 1 rings (SSSR count). The molecule has 1 aromatic heterocycles. The second-order valence-electron chi connectivity index (χ2n) is 2.87. The van der Waals surface area contributed by atoms with E-state index in [4.69, 9.17) is 10.2 Å². The van der Waals surface area contributed by atoms with E-state index in [-0.39, 0.29) is 19.0 Å². The Labute approximate surface area is 82.2 Å². The zero-order chi connectivity index (χ0) is 10.6. The molecule has 0 saturated carbocycles. The highest BCUT2D eigenvalue weighted by Crippen LogP contribution is 2.24. The third-order valence-corrected chi connectivity index (χ3v) is 1.99. The molecule has 14 heavy (non-hydrogen) atoms. The van der Waals surface area contributed by atoms with Gasteiger partial charge in [-0.15, -0.1) is 6.58 Å². The van der Waals surface area contributed by atoms with E-state index in [9.17, 15) is 5.11 Å². The third-order valence-electron chi connectivity index (χ3n) is 1.99. The first kappa shape index (κ1) is 10.7. The second kappa shape index (κ2) is 4.74. The van der Waals surface area contributed by atoms with Crippen molar-refractivity contribution in [2.45, 2.75) is 19.6 Å². The van der Waals surface area contributed by atoms with Gasteiger partial charge in [-0.1, -0.05) is 6.08 Å². The van der Waals surface area contributed by atoms with Crippen molar-refractivity contribution in [3.05, 3.63) is 35.7 Å². The molecule has 0 saturated heterocycles. The average molecular weight is 195 g/mol. The molecular formula is C10H13NO3. The van der Waals surface area contributed by atoms with Crippen molar-refractivity contribution in [3.63, 3.8) is 0 Å². The number of aliphatic hydroxyl groups excluding tert-OH is 2. The highest BCUT2D eigenvalue weighted by molar-refractivity contribution is 5.41. The topological polar surface area (TPSA) is 73.6 Å². The lowest BCUT2D eigenvalue weighted by atomic mass is 10.1. The van der Waals surface area contributed by atoms with Crippen LogP contribution in [-0.4, -0.2) is 20.3 Å². The number of allylic oxidation sites excluding steroid dienone is 1. The van der Waals surface area contributed by atoms with Crippen LogP contribution in [0.2, 0.25) is 0 Å². The fourth-order valence-electron chi connectivity index (χ4n) is 1.22. The molecule has 0 aliphatic heterocycles. The summed E-state index contributed by atoms with van der Waals surface area (Å²) < 4.78 is 0. The van der Waals surface area contributed by atoms with Gasteiger partial charge in [0.15, 0.2) is 0 Å². The summed E-state index contributed by atoms with van der Waals surface area (Å²) in [5, 5.41) is 27.6. The van der Waals surface area contributed by atoms with E-state index < -0.39 is 0 Å². The molecule has 4 heteroatoms. The first-order chi connectivity index (χ1) is 6.74. The van der Waals surface area contributed by atoms with E-state index in [1.54, 1.807) is 6.08 Å². The number of aromatic nitrogens is 1. The van der Waals surface area contributed by atoms with Crippen LogP contribution in [0.3, 0.4) is 0 Å². The van der Waals surface area contributed by atoms with Gasteiger partial charge < -0.3 is 15.3 Å². The molecule has 3 N–H and O–H groups in total. The second-order valence-corrected chi connectivity index (χ2v) is 2.87. The molecule has 0 bridgehead atoms. The maximum Gasteiger partial charge on any atom is 0.143 e. The molecule has 0 aromatic carbocycles. The van der Waals surface area contributed by atoms with E-state index in [2.05, 4.69) is 11.6 Å². The molecule has 0 radical (unpaired) electrons. The lowest BCUT2D eigenvalue weighted by Gasteiger charge is -2.09. The summed E-state index contributed by atoms with van der Waals surface area (Å²) in [5.74, 6) is -0.0565. The van der Waals surface area contributed by atoms with E-state index in [1.807, 2.05) is 0 Å². The Bertz CT molecular complexity index is 336. The molecule has 1 heterocycles. The molecule has 0 unspecified atom stereocenters. The Balaban J connectivity index is 3.19. The van der Waals surface area contributed by atoms with Crippen LogP contribution in [0.1, 0.15) is 16.8 Å². The first-order valence-electron chi connectivity index (χ1n) is 4.25. The van der Waals surface area contributed by atoms with Gasteiger partial charge in [0, 0.05) is 23.7 Å². The number of aliphatic hydroxyl groups is 2. The largest absolute Gasteiger partial charge is 0.506 e. The normalized spacial score (nSPS) is 10.1. The Morgan fingerprint density at radius 3 is 2.57 bits per heavy atom. The fraction of sp³-hybridized carbons (Fsp3) is 0.300. The van der Waals surface area contributed by atoms with Crippen molar-refractivity contribution in [2.75, 3.05) is 0 Å². The van der Waals surface area contributed by atoms with Crippen LogP contribution in [0.5, 0.6) is 5.75 Å². The third kappa shape index (κ3) is 1.92. The highest BCUT2D eigenvalue weighted by Gasteiger charge is 2.11. The van der Waals surface area contributed by atoms with E-state index >= 15 is 0 Å². The Morgan fingerprint density at radius 2 is 2.07 bits per heavy atom. The molecule has 1 aromatic rings. The predicted octanol–water partition coefficient (Wildman–Crippen LogP) is 0.500. The predicted molar refractivity (Wildman–Crippen MR) is 51.6 cm³/mol. The van der Waals surface area contributed by atoms with Gasteiger partial charge in [-0.2, -0.15) is 0 Å². The van der Waals surface area contributed by atoms with Crippen LogP contribution in [0.15, 0.2) is 18.9 Å². The van der Waals surface area contributed by atoms with Crippen LogP contribution < -0.4 is 0 Å². The quantitative estimate of drug-likeness (QED) is 0.612. The SMILES string of the molecule is C=CCc1ncc(CO)c(CO)c1O. The van der Waals surface area contributed by atoms with Crippen LogP contribution in [0.4, 0.5) is 0 Å². The number of nitrogens with zero attached hydrogens (tertiary/aromatic N) is 1. The number of pyridine rings is 1. The zero-order valence-corrected chi connectivity index (χ0v) is 7.77. The van der Waals surface area contributed by atoms with Crippen LogP contribution >= 0.6 is 0 Å². The molecule has 76 valence electrons. The maximum atomic E-state index is 9.65. The Hall–Kier alpha value is -1.39. The fourth-order valence-corrected chi connectivity index (χ4v) is 1.22. The molecule has 0 aliphatic rings. The lowest BCUT2D eigenvalue weighted by molar-refractivity contribution is 0.254. The first-order valence-corrected chi connectivity index (χ1v) is 4.25. The summed E-state index contributed by atoms with van der Waals surface area (Å²) in [5.41, 5.74) is 1.23.